The number of carbonyl (C=O) groups excluding carboxylic acids is 1. The van der Waals surface area contributed by atoms with Gasteiger partial charge in [0.15, 0.2) is 14.9 Å². The van der Waals surface area contributed by atoms with Gasteiger partial charge in [0, 0.05) is 11.8 Å². The van der Waals surface area contributed by atoms with Crippen molar-refractivity contribution >= 4 is 21.5 Å². The largest absolute Gasteiger partial charge is 0.272 e. The first kappa shape index (κ1) is 14.4. The second-order valence-electron chi connectivity index (χ2n) is 5.91. The van der Waals surface area contributed by atoms with Gasteiger partial charge in [-0.05, 0) is 37.8 Å². The summed E-state index contributed by atoms with van der Waals surface area (Å²) in [5.41, 5.74) is 2.03. The summed E-state index contributed by atoms with van der Waals surface area (Å²) in [4.78, 5) is 20.8. The maximum Gasteiger partial charge on any atom is 0.255 e. The molecule has 0 saturated heterocycles. The van der Waals surface area contributed by atoms with E-state index in [0.717, 1.165) is 37.5 Å². The van der Waals surface area contributed by atoms with Crippen LogP contribution in [0.4, 0.5) is 0 Å². The van der Waals surface area contributed by atoms with Crippen molar-refractivity contribution in [2.75, 3.05) is 6.26 Å². The molecule has 2 heterocycles. The number of sulfone groups is 1. The minimum absolute atomic E-state index is 0.0340. The first-order valence-corrected chi connectivity index (χ1v) is 9.07. The van der Waals surface area contributed by atoms with Gasteiger partial charge in [-0.15, -0.1) is 0 Å². The van der Waals surface area contributed by atoms with Gasteiger partial charge in [0.1, 0.15) is 0 Å². The summed E-state index contributed by atoms with van der Waals surface area (Å²) in [6.45, 7) is 1.77. The number of amides is 1. The number of carbonyl (C=O) groups is 1. The third-order valence-electron chi connectivity index (χ3n) is 4.38. The molecule has 0 spiro atoms. The quantitative estimate of drug-likeness (QED) is 0.838. The van der Waals surface area contributed by atoms with Crippen LogP contribution < -0.4 is 0 Å². The Morgan fingerprint density at radius 2 is 1.86 bits per heavy atom. The fourth-order valence-corrected chi connectivity index (χ4v) is 3.91. The smallest absolute Gasteiger partial charge is 0.255 e. The van der Waals surface area contributed by atoms with E-state index in [4.69, 9.17) is 0 Å². The molecule has 0 bridgehead atoms. The highest BCUT2D eigenvalue weighted by Crippen LogP contribution is 2.40. The normalized spacial score (nSPS) is 23.0. The second kappa shape index (κ2) is 5.02. The van der Waals surface area contributed by atoms with E-state index < -0.39 is 9.84 Å². The average molecular weight is 306 g/mol. The van der Waals surface area contributed by atoms with Gasteiger partial charge in [-0.3, -0.25) is 4.79 Å². The Bertz CT molecular complexity index is 731. The van der Waals surface area contributed by atoms with Gasteiger partial charge < -0.3 is 0 Å². The molecule has 1 atom stereocenters. The summed E-state index contributed by atoms with van der Waals surface area (Å²) in [7, 11) is -3.38. The minimum atomic E-state index is -3.38. The first-order chi connectivity index (χ1) is 9.88. The third kappa shape index (κ3) is 2.52. The Hall–Kier alpha value is -1.56. The molecular formula is C15H18N2O3S. The van der Waals surface area contributed by atoms with Gasteiger partial charge in [-0.25, -0.2) is 18.4 Å². The maximum atomic E-state index is 12.3. The molecule has 1 aliphatic heterocycles. The van der Waals surface area contributed by atoms with E-state index in [9.17, 15) is 13.2 Å². The molecule has 6 heteroatoms. The fraction of sp³-hybridized carbons (Fsp3) is 0.533. The van der Waals surface area contributed by atoms with Crippen molar-refractivity contribution < 1.29 is 13.2 Å². The minimum Gasteiger partial charge on any atom is -0.272 e. The number of nitrogens with zero attached hydrogens (tertiary/aromatic N) is 2. The molecule has 1 aliphatic carbocycles. The monoisotopic (exact) mass is 306 g/mol. The molecular weight excluding hydrogens is 288 g/mol. The molecule has 1 saturated carbocycles. The number of hydrogen-bond acceptors (Lipinski definition) is 4. The van der Waals surface area contributed by atoms with Crippen molar-refractivity contribution in [3.8, 4) is 0 Å². The van der Waals surface area contributed by atoms with E-state index in [1.54, 1.807) is 13.0 Å². The Balaban J connectivity index is 2.16. The number of fused-ring (bicyclic) bond motifs is 1. The van der Waals surface area contributed by atoms with Crippen molar-refractivity contribution in [1.82, 2.24) is 4.98 Å². The van der Waals surface area contributed by atoms with Crippen LogP contribution in [0.3, 0.4) is 0 Å². The zero-order chi connectivity index (χ0) is 15.2. The van der Waals surface area contributed by atoms with Crippen molar-refractivity contribution in [1.29, 1.82) is 0 Å². The predicted octanol–water partition coefficient (Wildman–Crippen LogP) is 2.11. The highest BCUT2D eigenvalue weighted by atomic mass is 32.2. The highest BCUT2D eigenvalue weighted by Gasteiger charge is 2.37. The lowest BCUT2D eigenvalue weighted by atomic mass is 9.82. The van der Waals surface area contributed by atoms with Crippen molar-refractivity contribution in [2.45, 2.75) is 43.6 Å². The summed E-state index contributed by atoms with van der Waals surface area (Å²) >= 11 is 0. The van der Waals surface area contributed by atoms with Crippen molar-refractivity contribution in [2.24, 2.45) is 10.9 Å². The lowest BCUT2D eigenvalue weighted by molar-refractivity contribution is -0.120. The Morgan fingerprint density at radius 1 is 1.19 bits per heavy atom. The summed E-state index contributed by atoms with van der Waals surface area (Å²) in [5.74, 6) is -0.326. The van der Waals surface area contributed by atoms with E-state index in [-0.39, 0.29) is 22.8 Å². The summed E-state index contributed by atoms with van der Waals surface area (Å²) < 4.78 is 23.5. The van der Waals surface area contributed by atoms with Gasteiger partial charge in [0.05, 0.1) is 17.3 Å². The predicted molar refractivity (Wildman–Crippen MR) is 79.3 cm³/mol. The molecule has 0 radical (unpaired) electrons. The van der Waals surface area contributed by atoms with E-state index in [2.05, 4.69) is 9.98 Å². The van der Waals surface area contributed by atoms with E-state index in [0.29, 0.717) is 11.4 Å². The topological polar surface area (TPSA) is 76.5 Å². The van der Waals surface area contributed by atoms with Gasteiger partial charge in [-0.1, -0.05) is 12.8 Å². The Labute approximate surface area is 124 Å². The number of pyridine rings is 1. The molecule has 0 N–H and O–H groups in total. The van der Waals surface area contributed by atoms with E-state index >= 15 is 0 Å². The highest BCUT2D eigenvalue weighted by molar-refractivity contribution is 7.90. The first-order valence-electron chi connectivity index (χ1n) is 7.18. The SMILES string of the molecule is CC1=NC(=O)C(C2CCCC2)c2nc(S(C)(=O)=O)ccc21. The fourth-order valence-electron chi connectivity index (χ4n) is 3.33. The van der Waals surface area contributed by atoms with Gasteiger partial charge in [0.25, 0.3) is 5.91 Å². The molecule has 1 aromatic rings. The zero-order valence-electron chi connectivity index (χ0n) is 12.2. The third-order valence-corrected chi connectivity index (χ3v) is 5.37. The zero-order valence-corrected chi connectivity index (χ0v) is 13.0. The van der Waals surface area contributed by atoms with Crippen LogP contribution in [0.25, 0.3) is 0 Å². The van der Waals surface area contributed by atoms with Crippen LogP contribution in [0.2, 0.25) is 0 Å². The number of hydrogen-bond donors (Lipinski definition) is 0. The van der Waals surface area contributed by atoms with Crippen molar-refractivity contribution in [3.05, 3.63) is 23.4 Å². The Kier molecular flexibility index (Phi) is 3.43. The van der Waals surface area contributed by atoms with Crippen LogP contribution >= 0.6 is 0 Å². The number of aliphatic imine (C=N–C) groups is 1. The lowest BCUT2D eigenvalue weighted by Gasteiger charge is -2.26. The maximum absolute atomic E-state index is 12.3. The number of rotatable bonds is 2. The van der Waals surface area contributed by atoms with E-state index in [1.165, 1.54) is 6.07 Å². The summed E-state index contributed by atoms with van der Waals surface area (Å²) in [5, 5.41) is 0.0340. The summed E-state index contributed by atoms with van der Waals surface area (Å²) in [6, 6.07) is 3.22. The van der Waals surface area contributed by atoms with Gasteiger partial charge in [-0.2, -0.15) is 0 Å². The summed E-state index contributed by atoms with van der Waals surface area (Å²) in [6.07, 6.45) is 5.32. The van der Waals surface area contributed by atoms with Crippen LogP contribution in [0, 0.1) is 5.92 Å². The number of aromatic nitrogens is 1. The lowest BCUT2D eigenvalue weighted by Crippen LogP contribution is -2.28. The van der Waals surface area contributed by atoms with Crippen LogP contribution in [-0.2, 0) is 14.6 Å². The van der Waals surface area contributed by atoms with Gasteiger partial charge in [0.2, 0.25) is 0 Å². The van der Waals surface area contributed by atoms with Crippen LogP contribution in [-0.4, -0.2) is 31.3 Å². The average Bonchev–Trinajstić information content (AvgIpc) is 2.91. The van der Waals surface area contributed by atoms with E-state index in [1.807, 2.05) is 0 Å². The molecule has 1 aromatic heterocycles. The molecule has 2 aliphatic rings. The molecule has 1 amide bonds. The molecule has 3 rings (SSSR count). The molecule has 21 heavy (non-hydrogen) atoms. The molecule has 1 unspecified atom stereocenters. The van der Waals surface area contributed by atoms with Crippen LogP contribution in [0.15, 0.2) is 22.2 Å². The van der Waals surface area contributed by atoms with Gasteiger partial charge >= 0.3 is 0 Å². The molecule has 0 aromatic carbocycles. The van der Waals surface area contributed by atoms with Crippen molar-refractivity contribution in [3.63, 3.8) is 0 Å². The molecule has 112 valence electrons. The second-order valence-corrected chi connectivity index (χ2v) is 7.87. The van der Waals surface area contributed by atoms with Crippen LogP contribution in [0.5, 0.6) is 0 Å². The standard InChI is InChI=1S/C15H18N2O3S/c1-9-11-7-8-12(21(2,19)20)17-14(11)13(15(18)16-9)10-5-3-4-6-10/h7-8,10,13H,3-6H2,1-2H3. The van der Waals surface area contributed by atoms with Crippen LogP contribution in [0.1, 0.15) is 49.8 Å². The molecule has 5 nitrogen and oxygen atoms in total. The molecule has 1 fully saturated rings. The Morgan fingerprint density at radius 3 is 2.48 bits per heavy atom.